The molecule has 0 aliphatic carbocycles. The molecule has 1 rings (SSSR count). The summed E-state index contributed by atoms with van der Waals surface area (Å²) in [6, 6.07) is -0.514. The van der Waals surface area contributed by atoms with Crippen molar-refractivity contribution in [3.63, 3.8) is 0 Å². The molecule has 0 radical (unpaired) electrons. The fourth-order valence-corrected chi connectivity index (χ4v) is 2.04. The van der Waals surface area contributed by atoms with E-state index in [9.17, 15) is 19.2 Å². The van der Waals surface area contributed by atoms with Crippen molar-refractivity contribution in [1.29, 1.82) is 0 Å². The van der Waals surface area contributed by atoms with E-state index in [0.717, 1.165) is 4.90 Å². The van der Waals surface area contributed by atoms with E-state index in [1.807, 2.05) is 0 Å². The lowest BCUT2D eigenvalue weighted by Crippen LogP contribution is -2.45. The molecule has 0 aromatic carbocycles. The molecule has 0 spiro atoms. The first kappa shape index (κ1) is 18.8. The van der Waals surface area contributed by atoms with Gasteiger partial charge in [-0.3, -0.25) is 19.3 Å². The second kappa shape index (κ2) is 9.04. The van der Waals surface area contributed by atoms with Crippen LogP contribution in [-0.4, -0.2) is 54.3 Å². The molecule has 0 fully saturated rings. The number of ether oxygens (including phenoxy) is 1. The van der Waals surface area contributed by atoms with Crippen LogP contribution in [0.1, 0.15) is 26.7 Å². The van der Waals surface area contributed by atoms with Gasteiger partial charge in [0.1, 0.15) is 5.78 Å². The highest BCUT2D eigenvalue weighted by Gasteiger charge is 2.30. The standard InChI is InChI=1S/C15H23N3O5/c1-10(2)12(19)5-7-17-15(22)23-8-6-11(9-16)18-13(20)3-4-14(18)21/h3-4,10-11H,5-9,16H2,1-2H3,(H,17,22). The number of Topliss-reactive ketones (excluding diaryl/α,β-unsaturated/α-hetero) is 1. The SMILES string of the molecule is CC(C)C(=O)CCNC(=O)OCCC(CN)N1C(=O)C=CC1=O. The number of amides is 3. The third kappa shape index (κ3) is 5.82. The minimum atomic E-state index is -0.644. The highest BCUT2D eigenvalue weighted by Crippen LogP contribution is 2.11. The summed E-state index contributed by atoms with van der Waals surface area (Å²) in [6.07, 6.45) is 2.23. The van der Waals surface area contributed by atoms with E-state index >= 15 is 0 Å². The first-order valence-corrected chi connectivity index (χ1v) is 7.55. The van der Waals surface area contributed by atoms with Gasteiger partial charge in [0.2, 0.25) is 0 Å². The molecule has 8 nitrogen and oxygen atoms in total. The summed E-state index contributed by atoms with van der Waals surface area (Å²) in [7, 11) is 0. The Labute approximate surface area is 135 Å². The number of nitrogens with one attached hydrogen (secondary N) is 1. The maximum absolute atomic E-state index is 11.6. The van der Waals surface area contributed by atoms with Crippen LogP contribution in [0.15, 0.2) is 12.2 Å². The third-order valence-electron chi connectivity index (χ3n) is 3.45. The molecule has 23 heavy (non-hydrogen) atoms. The Kier molecular flexibility index (Phi) is 7.40. The number of nitrogens with zero attached hydrogens (tertiary/aromatic N) is 1. The van der Waals surface area contributed by atoms with Gasteiger partial charge in [-0.2, -0.15) is 0 Å². The first-order valence-electron chi connectivity index (χ1n) is 7.55. The number of ketones is 1. The molecule has 1 aliphatic rings. The van der Waals surface area contributed by atoms with Crippen LogP contribution in [0, 0.1) is 5.92 Å². The lowest BCUT2D eigenvalue weighted by Gasteiger charge is -2.24. The normalized spacial score (nSPS) is 15.2. The van der Waals surface area contributed by atoms with Gasteiger partial charge in [0.05, 0.1) is 12.6 Å². The lowest BCUT2D eigenvalue weighted by molar-refractivity contribution is -0.139. The molecular formula is C15H23N3O5. The van der Waals surface area contributed by atoms with Crippen LogP contribution in [-0.2, 0) is 19.1 Å². The summed E-state index contributed by atoms with van der Waals surface area (Å²) in [5, 5.41) is 2.47. The van der Waals surface area contributed by atoms with E-state index in [1.54, 1.807) is 13.8 Å². The van der Waals surface area contributed by atoms with Gasteiger partial charge in [0.15, 0.2) is 0 Å². The molecule has 8 heteroatoms. The number of hydrogen-bond donors (Lipinski definition) is 2. The zero-order chi connectivity index (χ0) is 17.4. The molecule has 1 aliphatic heterocycles. The molecule has 0 aromatic heterocycles. The molecular weight excluding hydrogens is 302 g/mol. The van der Waals surface area contributed by atoms with E-state index in [-0.39, 0.29) is 44.2 Å². The summed E-state index contributed by atoms with van der Waals surface area (Å²) in [4.78, 5) is 47.0. The van der Waals surface area contributed by atoms with E-state index in [4.69, 9.17) is 10.5 Å². The highest BCUT2D eigenvalue weighted by molar-refractivity contribution is 6.13. The maximum Gasteiger partial charge on any atom is 0.407 e. The molecule has 3 amide bonds. The first-order chi connectivity index (χ1) is 10.9. The van der Waals surface area contributed by atoms with Gasteiger partial charge in [-0.1, -0.05) is 13.8 Å². The second-order valence-electron chi connectivity index (χ2n) is 5.49. The molecule has 0 saturated heterocycles. The van der Waals surface area contributed by atoms with Gasteiger partial charge in [-0.25, -0.2) is 4.79 Å². The molecule has 0 saturated carbocycles. The second-order valence-corrected chi connectivity index (χ2v) is 5.49. The number of hydrogen-bond acceptors (Lipinski definition) is 6. The predicted molar refractivity (Wildman–Crippen MR) is 82.3 cm³/mol. The van der Waals surface area contributed by atoms with Crippen LogP contribution in [0.3, 0.4) is 0 Å². The molecule has 0 aromatic rings. The molecule has 128 valence electrons. The smallest absolute Gasteiger partial charge is 0.407 e. The van der Waals surface area contributed by atoms with Crippen molar-refractivity contribution in [2.24, 2.45) is 11.7 Å². The van der Waals surface area contributed by atoms with Crippen LogP contribution in [0.4, 0.5) is 4.79 Å². The van der Waals surface area contributed by atoms with Crippen LogP contribution < -0.4 is 11.1 Å². The van der Waals surface area contributed by atoms with Crippen LogP contribution in [0.25, 0.3) is 0 Å². The average molecular weight is 325 g/mol. The molecule has 0 bridgehead atoms. The number of rotatable bonds is 9. The lowest BCUT2D eigenvalue weighted by atomic mass is 10.1. The zero-order valence-corrected chi connectivity index (χ0v) is 13.4. The largest absolute Gasteiger partial charge is 0.449 e. The summed E-state index contributed by atoms with van der Waals surface area (Å²) < 4.78 is 4.96. The summed E-state index contributed by atoms with van der Waals surface area (Å²) in [5.41, 5.74) is 5.57. The molecule has 3 N–H and O–H groups in total. The van der Waals surface area contributed by atoms with Gasteiger partial charge in [-0.05, 0) is 0 Å². The number of carbonyl (C=O) groups excluding carboxylic acids is 4. The monoisotopic (exact) mass is 325 g/mol. The van der Waals surface area contributed by atoms with Crippen molar-refractivity contribution >= 4 is 23.7 Å². The van der Waals surface area contributed by atoms with E-state index in [2.05, 4.69) is 5.32 Å². The number of alkyl carbamates (subject to hydrolysis) is 1. The van der Waals surface area contributed by atoms with E-state index < -0.39 is 23.9 Å². The molecule has 1 atom stereocenters. The quantitative estimate of drug-likeness (QED) is 0.575. The number of imide groups is 1. The van der Waals surface area contributed by atoms with Gasteiger partial charge in [0, 0.05) is 44.0 Å². The van der Waals surface area contributed by atoms with Gasteiger partial charge in [-0.15, -0.1) is 0 Å². The van der Waals surface area contributed by atoms with E-state index in [1.165, 1.54) is 12.2 Å². The van der Waals surface area contributed by atoms with Crippen molar-refractivity contribution in [3.8, 4) is 0 Å². The Balaban J connectivity index is 2.26. The number of nitrogens with two attached hydrogens (primary N) is 1. The fraction of sp³-hybridized carbons (Fsp3) is 0.600. The zero-order valence-electron chi connectivity index (χ0n) is 13.4. The fourth-order valence-electron chi connectivity index (χ4n) is 2.04. The minimum Gasteiger partial charge on any atom is -0.449 e. The van der Waals surface area contributed by atoms with E-state index in [0.29, 0.717) is 0 Å². The van der Waals surface area contributed by atoms with Crippen LogP contribution in [0.2, 0.25) is 0 Å². The van der Waals surface area contributed by atoms with Crippen LogP contribution in [0.5, 0.6) is 0 Å². The topological polar surface area (TPSA) is 119 Å². The highest BCUT2D eigenvalue weighted by atomic mass is 16.5. The summed E-state index contributed by atoms with van der Waals surface area (Å²) >= 11 is 0. The Hall–Kier alpha value is -2.22. The van der Waals surface area contributed by atoms with Gasteiger partial charge >= 0.3 is 6.09 Å². The summed E-state index contributed by atoms with van der Waals surface area (Å²) in [6.45, 7) is 3.91. The van der Waals surface area contributed by atoms with Crippen molar-refractivity contribution in [3.05, 3.63) is 12.2 Å². The predicted octanol–water partition coefficient (Wildman–Crippen LogP) is -0.0298. The third-order valence-corrected chi connectivity index (χ3v) is 3.45. The van der Waals surface area contributed by atoms with Gasteiger partial charge in [0.25, 0.3) is 11.8 Å². The Bertz CT molecular complexity index is 483. The van der Waals surface area contributed by atoms with Gasteiger partial charge < -0.3 is 15.8 Å². The van der Waals surface area contributed by atoms with Crippen molar-refractivity contribution in [2.45, 2.75) is 32.7 Å². The van der Waals surface area contributed by atoms with Crippen molar-refractivity contribution < 1.29 is 23.9 Å². The molecule has 1 unspecified atom stereocenters. The number of carbonyl (C=O) groups is 4. The van der Waals surface area contributed by atoms with Crippen LogP contribution >= 0.6 is 0 Å². The van der Waals surface area contributed by atoms with Crippen molar-refractivity contribution in [2.75, 3.05) is 19.7 Å². The minimum absolute atomic E-state index is 0.0168. The van der Waals surface area contributed by atoms with Crippen molar-refractivity contribution in [1.82, 2.24) is 10.2 Å². The average Bonchev–Trinajstić information content (AvgIpc) is 2.83. The Morgan fingerprint density at radius 1 is 1.26 bits per heavy atom. The summed E-state index contributed by atoms with van der Waals surface area (Å²) in [5.74, 6) is -0.835. The molecule has 1 heterocycles. The Morgan fingerprint density at radius 2 is 1.87 bits per heavy atom. The maximum atomic E-state index is 11.6. The Morgan fingerprint density at radius 3 is 2.39 bits per heavy atom.